The number of benzene rings is 1. The fourth-order valence-electron chi connectivity index (χ4n) is 2.77. The van der Waals surface area contributed by atoms with Gasteiger partial charge in [-0.15, -0.1) is 32.9 Å². The lowest BCUT2D eigenvalue weighted by atomic mass is 10.1. The Hall–Kier alpha value is -2.29. The van der Waals surface area contributed by atoms with Gasteiger partial charge in [-0.05, 0) is 30.4 Å². The van der Waals surface area contributed by atoms with E-state index in [1.165, 1.54) is 17.3 Å². The standard InChI is InChI=1S/C20H18N4OS3/c1-13-22-18-19(28-13)17(15-8-5-11-26-15)23-24-20(18)27-12-16(25)21-10-9-14-6-3-2-4-7-14/h2-8,11H,9-10,12H2,1H3,(H,21,25). The van der Waals surface area contributed by atoms with Crippen LogP contribution in [0.1, 0.15) is 10.6 Å². The maximum absolute atomic E-state index is 12.2. The second-order valence-electron chi connectivity index (χ2n) is 6.12. The van der Waals surface area contributed by atoms with Crippen LogP contribution in [0.2, 0.25) is 0 Å². The summed E-state index contributed by atoms with van der Waals surface area (Å²) in [7, 11) is 0. The molecule has 0 aliphatic carbocycles. The van der Waals surface area contributed by atoms with Gasteiger partial charge in [0.15, 0.2) is 0 Å². The Morgan fingerprint density at radius 3 is 2.79 bits per heavy atom. The van der Waals surface area contributed by atoms with Gasteiger partial charge in [0.1, 0.15) is 16.2 Å². The van der Waals surface area contributed by atoms with Gasteiger partial charge in [0.25, 0.3) is 0 Å². The molecular formula is C20H18N4OS3. The van der Waals surface area contributed by atoms with Crippen LogP contribution in [0.25, 0.3) is 20.8 Å². The number of hydrogen-bond donors (Lipinski definition) is 1. The van der Waals surface area contributed by atoms with E-state index >= 15 is 0 Å². The monoisotopic (exact) mass is 426 g/mol. The number of rotatable bonds is 7. The number of carbonyl (C=O) groups excluding carboxylic acids is 1. The molecule has 0 radical (unpaired) electrons. The molecule has 0 atom stereocenters. The van der Waals surface area contributed by atoms with E-state index in [9.17, 15) is 4.79 Å². The van der Waals surface area contributed by atoms with Crippen molar-refractivity contribution in [3.05, 3.63) is 58.4 Å². The van der Waals surface area contributed by atoms with E-state index in [1.807, 2.05) is 42.6 Å². The molecule has 3 aromatic heterocycles. The Morgan fingerprint density at radius 2 is 2.00 bits per heavy atom. The van der Waals surface area contributed by atoms with Gasteiger partial charge in [0.2, 0.25) is 5.91 Å². The summed E-state index contributed by atoms with van der Waals surface area (Å²) in [4.78, 5) is 17.9. The summed E-state index contributed by atoms with van der Waals surface area (Å²) in [6.45, 7) is 2.60. The number of thiazole rings is 1. The van der Waals surface area contributed by atoms with Crippen molar-refractivity contribution >= 4 is 50.6 Å². The SMILES string of the molecule is Cc1nc2c(SCC(=O)NCCc3ccccc3)nnc(-c3cccs3)c2s1. The molecule has 28 heavy (non-hydrogen) atoms. The molecule has 0 spiro atoms. The topological polar surface area (TPSA) is 67.8 Å². The lowest BCUT2D eigenvalue weighted by Gasteiger charge is -2.06. The minimum atomic E-state index is -0.00911. The van der Waals surface area contributed by atoms with Gasteiger partial charge < -0.3 is 5.32 Å². The molecule has 1 amide bonds. The van der Waals surface area contributed by atoms with Crippen molar-refractivity contribution in [3.63, 3.8) is 0 Å². The smallest absolute Gasteiger partial charge is 0.230 e. The first kappa shape index (κ1) is 19.0. The van der Waals surface area contributed by atoms with Crippen LogP contribution in [0.3, 0.4) is 0 Å². The van der Waals surface area contributed by atoms with Crippen molar-refractivity contribution in [2.45, 2.75) is 18.4 Å². The second-order valence-corrected chi connectivity index (χ2v) is 9.23. The number of nitrogens with zero attached hydrogens (tertiary/aromatic N) is 3. The number of fused-ring (bicyclic) bond motifs is 1. The van der Waals surface area contributed by atoms with Crippen LogP contribution in [0, 0.1) is 6.92 Å². The summed E-state index contributed by atoms with van der Waals surface area (Å²) >= 11 is 4.64. The lowest BCUT2D eigenvalue weighted by molar-refractivity contribution is -0.118. The van der Waals surface area contributed by atoms with E-state index < -0.39 is 0 Å². The molecule has 1 N–H and O–H groups in total. The average Bonchev–Trinajstić information content (AvgIpc) is 3.36. The van der Waals surface area contributed by atoms with Crippen molar-refractivity contribution in [1.82, 2.24) is 20.5 Å². The first-order valence-corrected chi connectivity index (χ1v) is 11.5. The third-order valence-corrected chi connectivity index (χ3v) is 6.87. The van der Waals surface area contributed by atoms with E-state index in [2.05, 4.69) is 32.6 Å². The Labute approximate surface area is 175 Å². The quantitative estimate of drug-likeness (QED) is 0.438. The molecule has 4 aromatic rings. The van der Waals surface area contributed by atoms with Crippen LogP contribution in [0.15, 0.2) is 52.9 Å². The highest BCUT2D eigenvalue weighted by atomic mass is 32.2. The van der Waals surface area contributed by atoms with E-state index in [0.717, 1.165) is 32.2 Å². The van der Waals surface area contributed by atoms with Gasteiger partial charge >= 0.3 is 0 Å². The number of nitrogens with one attached hydrogen (secondary N) is 1. The number of thioether (sulfide) groups is 1. The Morgan fingerprint density at radius 1 is 1.14 bits per heavy atom. The van der Waals surface area contributed by atoms with Gasteiger partial charge in [-0.25, -0.2) is 4.98 Å². The van der Waals surface area contributed by atoms with Gasteiger partial charge in [-0.2, -0.15) is 0 Å². The van der Waals surface area contributed by atoms with E-state index in [-0.39, 0.29) is 5.91 Å². The summed E-state index contributed by atoms with van der Waals surface area (Å²) in [5.41, 5.74) is 2.92. The molecule has 0 aliphatic rings. The first-order valence-electron chi connectivity index (χ1n) is 8.82. The highest BCUT2D eigenvalue weighted by Gasteiger charge is 2.17. The molecule has 1 aromatic carbocycles. The fraction of sp³-hybridized carbons (Fsp3) is 0.200. The van der Waals surface area contributed by atoms with E-state index in [0.29, 0.717) is 17.3 Å². The van der Waals surface area contributed by atoms with Crippen LogP contribution < -0.4 is 5.32 Å². The molecule has 142 valence electrons. The molecule has 8 heteroatoms. The molecule has 4 rings (SSSR count). The Balaban J connectivity index is 1.41. The van der Waals surface area contributed by atoms with Crippen LogP contribution >= 0.6 is 34.4 Å². The largest absolute Gasteiger partial charge is 0.355 e. The predicted octanol–water partition coefficient (Wildman–Crippen LogP) is 4.57. The van der Waals surface area contributed by atoms with Gasteiger partial charge in [-0.3, -0.25) is 4.79 Å². The minimum Gasteiger partial charge on any atom is -0.355 e. The molecule has 3 heterocycles. The Bertz CT molecular complexity index is 1080. The number of thiophene rings is 1. The lowest BCUT2D eigenvalue weighted by Crippen LogP contribution is -2.27. The van der Waals surface area contributed by atoms with Crippen LogP contribution in [-0.4, -0.2) is 33.4 Å². The fourth-order valence-corrected chi connectivity index (χ4v) is 5.28. The third kappa shape index (κ3) is 4.40. The first-order chi connectivity index (χ1) is 13.7. The summed E-state index contributed by atoms with van der Waals surface area (Å²) < 4.78 is 1.03. The second kappa shape index (κ2) is 8.81. The predicted molar refractivity (Wildman–Crippen MR) is 117 cm³/mol. The van der Waals surface area contributed by atoms with Gasteiger partial charge in [0.05, 0.1) is 20.3 Å². The molecule has 0 aliphatic heterocycles. The van der Waals surface area contributed by atoms with Crippen LogP contribution in [-0.2, 0) is 11.2 Å². The molecule has 0 fully saturated rings. The molecule has 5 nitrogen and oxygen atoms in total. The van der Waals surface area contributed by atoms with Crippen molar-refractivity contribution in [2.75, 3.05) is 12.3 Å². The zero-order chi connectivity index (χ0) is 19.3. The summed E-state index contributed by atoms with van der Waals surface area (Å²) in [6.07, 6.45) is 0.822. The zero-order valence-corrected chi connectivity index (χ0v) is 17.7. The van der Waals surface area contributed by atoms with Gasteiger partial charge in [-0.1, -0.05) is 48.2 Å². The molecule has 0 unspecified atom stereocenters. The number of carbonyl (C=O) groups is 1. The normalized spacial score (nSPS) is 11.0. The minimum absolute atomic E-state index is 0.00911. The third-order valence-electron chi connectivity index (χ3n) is 4.07. The van der Waals surface area contributed by atoms with Crippen LogP contribution in [0.5, 0.6) is 0 Å². The van der Waals surface area contributed by atoms with Crippen LogP contribution in [0.4, 0.5) is 0 Å². The van der Waals surface area contributed by atoms with E-state index in [1.54, 1.807) is 22.7 Å². The number of amides is 1. The number of aryl methyl sites for hydroxylation is 1. The molecule has 0 saturated carbocycles. The Kier molecular flexibility index (Phi) is 5.99. The van der Waals surface area contributed by atoms with Crippen molar-refractivity contribution in [2.24, 2.45) is 0 Å². The summed E-state index contributed by atoms with van der Waals surface area (Å²) in [5, 5.41) is 15.4. The molecule has 0 bridgehead atoms. The van der Waals surface area contributed by atoms with Gasteiger partial charge in [0, 0.05) is 6.54 Å². The van der Waals surface area contributed by atoms with E-state index in [4.69, 9.17) is 0 Å². The van der Waals surface area contributed by atoms with Crippen molar-refractivity contribution < 1.29 is 4.79 Å². The zero-order valence-electron chi connectivity index (χ0n) is 15.2. The summed E-state index contributed by atoms with van der Waals surface area (Å²) in [6, 6.07) is 14.2. The maximum Gasteiger partial charge on any atom is 0.230 e. The highest BCUT2D eigenvalue weighted by Crippen LogP contribution is 2.36. The molecular weight excluding hydrogens is 408 g/mol. The number of aromatic nitrogens is 3. The highest BCUT2D eigenvalue weighted by molar-refractivity contribution is 8.00. The average molecular weight is 427 g/mol. The van der Waals surface area contributed by atoms with Crippen molar-refractivity contribution in [3.8, 4) is 10.6 Å². The summed E-state index contributed by atoms with van der Waals surface area (Å²) in [5.74, 6) is 0.290. The maximum atomic E-state index is 12.2. The number of hydrogen-bond acceptors (Lipinski definition) is 7. The van der Waals surface area contributed by atoms with Crippen molar-refractivity contribution in [1.29, 1.82) is 0 Å². The molecule has 0 saturated heterocycles.